The average molecular weight is 276 g/mol. The molecule has 0 spiro atoms. The van der Waals surface area contributed by atoms with E-state index in [9.17, 15) is 4.79 Å². The lowest BCUT2D eigenvalue weighted by Crippen LogP contribution is -2.40. The molecular weight excluding hydrogens is 252 g/mol. The molecule has 3 N–H and O–H groups in total. The van der Waals surface area contributed by atoms with E-state index in [-0.39, 0.29) is 5.91 Å². The third kappa shape index (κ3) is 2.93. The van der Waals surface area contributed by atoms with Crippen molar-refractivity contribution in [3.8, 4) is 0 Å². The first-order valence-corrected chi connectivity index (χ1v) is 7.36. The van der Waals surface area contributed by atoms with Crippen LogP contribution in [0.15, 0.2) is 18.3 Å². The summed E-state index contributed by atoms with van der Waals surface area (Å²) in [5.41, 5.74) is 7.42. The summed E-state index contributed by atoms with van der Waals surface area (Å²) in [5, 5.41) is 2.61. The molecule has 2 rings (SSSR count). The van der Waals surface area contributed by atoms with E-state index in [1.807, 2.05) is 12.1 Å². The summed E-state index contributed by atoms with van der Waals surface area (Å²) in [7, 11) is 1.62. The SMILES string of the molecule is CCN(c1ccnc(C(=O)NC)c1)C1CCCC1CN. The van der Waals surface area contributed by atoms with Gasteiger partial charge in [-0.2, -0.15) is 0 Å². The molecule has 0 radical (unpaired) electrons. The van der Waals surface area contributed by atoms with Gasteiger partial charge in [-0.1, -0.05) is 6.42 Å². The number of nitrogens with one attached hydrogen (secondary N) is 1. The van der Waals surface area contributed by atoms with Crippen molar-refractivity contribution >= 4 is 11.6 Å². The number of anilines is 1. The number of hydrogen-bond acceptors (Lipinski definition) is 4. The van der Waals surface area contributed by atoms with Crippen LogP contribution in [0.3, 0.4) is 0 Å². The molecule has 1 aliphatic carbocycles. The predicted molar refractivity (Wildman–Crippen MR) is 80.8 cm³/mol. The van der Waals surface area contributed by atoms with Crippen molar-refractivity contribution in [2.75, 3.05) is 25.0 Å². The second-order valence-corrected chi connectivity index (χ2v) is 5.26. The summed E-state index contributed by atoms with van der Waals surface area (Å²) in [6.07, 6.45) is 5.31. The first-order chi connectivity index (χ1) is 9.71. The van der Waals surface area contributed by atoms with E-state index in [2.05, 4.69) is 22.1 Å². The molecule has 1 aromatic rings. The standard InChI is InChI=1S/C15H24N4O/c1-3-19(14-6-4-5-11(14)10-16)12-7-8-18-13(9-12)15(20)17-2/h7-9,11,14H,3-6,10,16H2,1-2H3,(H,17,20). The fourth-order valence-corrected chi connectivity index (χ4v) is 3.16. The predicted octanol–water partition coefficient (Wildman–Crippen LogP) is 1.39. The largest absolute Gasteiger partial charge is 0.368 e. The number of carbonyl (C=O) groups is 1. The van der Waals surface area contributed by atoms with E-state index in [1.54, 1.807) is 13.2 Å². The third-order valence-corrected chi connectivity index (χ3v) is 4.20. The summed E-state index contributed by atoms with van der Waals surface area (Å²) in [6.45, 7) is 3.79. The second-order valence-electron chi connectivity index (χ2n) is 5.26. The Morgan fingerprint density at radius 3 is 3.00 bits per heavy atom. The number of nitrogens with zero attached hydrogens (tertiary/aromatic N) is 2. The van der Waals surface area contributed by atoms with Gasteiger partial charge in [0.2, 0.25) is 0 Å². The van der Waals surface area contributed by atoms with E-state index in [1.165, 1.54) is 19.3 Å². The van der Waals surface area contributed by atoms with E-state index in [0.29, 0.717) is 17.7 Å². The number of amides is 1. The average Bonchev–Trinajstić information content (AvgIpc) is 2.96. The number of rotatable bonds is 5. The Hall–Kier alpha value is -1.62. The Morgan fingerprint density at radius 2 is 2.35 bits per heavy atom. The van der Waals surface area contributed by atoms with Crippen molar-refractivity contribution in [1.82, 2.24) is 10.3 Å². The third-order valence-electron chi connectivity index (χ3n) is 4.20. The lowest BCUT2D eigenvalue weighted by atomic mass is 10.0. The molecule has 1 heterocycles. The van der Waals surface area contributed by atoms with Crippen LogP contribution >= 0.6 is 0 Å². The Bertz CT molecular complexity index is 463. The molecule has 0 bridgehead atoms. The maximum Gasteiger partial charge on any atom is 0.269 e. The minimum absolute atomic E-state index is 0.148. The minimum Gasteiger partial charge on any atom is -0.368 e. The fourth-order valence-electron chi connectivity index (χ4n) is 3.16. The van der Waals surface area contributed by atoms with Gasteiger partial charge in [0.1, 0.15) is 5.69 Å². The molecule has 5 heteroatoms. The molecule has 1 fully saturated rings. The van der Waals surface area contributed by atoms with Crippen LogP contribution in [0.2, 0.25) is 0 Å². The van der Waals surface area contributed by atoms with Crippen LogP contribution in [-0.2, 0) is 0 Å². The van der Waals surface area contributed by atoms with Crippen molar-refractivity contribution in [2.24, 2.45) is 11.7 Å². The topological polar surface area (TPSA) is 71.2 Å². The molecule has 1 aromatic heterocycles. The highest BCUT2D eigenvalue weighted by molar-refractivity contribution is 5.92. The highest BCUT2D eigenvalue weighted by Gasteiger charge is 2.30. The van der Waals surface area contributed by atoms with Crippen LogP contribution < -0.4 is 16.0 Å². The summed E-state index contributed by atoms with van der Waals surface area (Å²) in [5.74, 6) is 0.399. The monoisotopic (exact) mass is 276 g/mol. The van der Waals surface area contributed by atoms with Crippen molar-refractivity contribution in [3.05, 3.63) is 24.0 Å². The minimum atomic E-state index is -0.148. The van der Waals surface area contributed by atoms with E-state index in [4.69, 9.17) is 5.73 Å². The van der Waals surface area contributed by atoms with Crippen molar-refractivity contribution in [3.63, 3.8) is 0 Å². The van der Waals surface area contributed by atoms with Crippen molar-refractivity contribution in [1.29, 1.82) is 0 Å². The van der Waals surface area contributed by atoms with Crippen LogP contribution in [0.5, 0.6) is 0 Å². The molecular formula is C15H24N4O. The van der Waals surface area contributed by atoms with Crippen LogP contribution in [-0.4, -0.2) is 37.1 Å². The molecule has 0 saturated heterocycles. The molecule has 1 saturated carbocycles. The number of nitrogens with two attached hydrogens (primary N) is 1. The maximum atomic E-state index is 11.7. The Labute approximate surface area is 120 Å². The van der Waals surface area contributed by atoms with Crippen LogP contribution in [0.25, 0.3) is 0 Å². The number of carbonyl (C=O) groups excluding carboxylic acids is 1. The zero-order valence-corrected chi connectivity index (χ0v) is 12.3. The first-order valence-electron chi connectivity index (χ1n) is 7.36. The van der Waals surface area contributed by atoms with Gasteiger partial charge < -0.3 is 16.0 Å². The van der Waals surface area contributed by atoms with Crippen LogP contribution in [0.1, 0.15) is 36.7 Å². The number of hydrogen-bond donors (Lipinski definition) is 2. The highest BCUT2D eigenvalue weighted by atomic mass is 16.1. The Morgan fingerprint density at radius 1 is 1.55 bits per heavy atom. The van der Waals surface area contributed by atoms with Gasteiger partial charge in [0.25, 0.3) is 5.91 Å². The Balaban J connectivity index is 2.25. The van der Waals surface area contributed by atoms with Crippen molar-refractivity contribution in [2.45, 2.75) is 32.2 Å². The van der Waals surface area contributed by atoms with Gasteiger partial charge in [-0.05, 0) is 44.4 Å². The molecule has 20 heavy (non-hydrogen) atoms. The van der Waals surface area contributed by atoms with Crippen LogP contribution in [0, 0.1) is 5.92 Å². The van der Waals surface area contributed by atoms with Gasteiger partial charge in [0, 0.05) is 31.5 Å². The van der Waals surface area contributed by atoms with Gasteiger partial charge in [0.15, 0.2) is 0 Å². The zero-order chi connectivity index (χ0) is 14.5. The first kappa shape index (κ1) is 14.8. The molecule has 1 amide bonds. The summed E-state index contributed by atoms with van der Waals surface area (Å²) in [4.78, 5) is 18.2. The van der Waals surface area contributed by atoms with Gasteiger partial charge in [-0.25, -0.2) is 0 Å². The van der Waals surface area contributed by atoms with Crippen molar-refractivity contribution < 1.29 is 4.79 Å². The second kappa shape index (κ2) is 6.70. The smallest absolute Gasteiger partial charge is 0.269 e. The van der Waals surface area contributed by atoms with Gasteiger partial charge >= 0.3 is 0 Å². The Kier molecular flexibility index (Phi) is 4.95. The van der Waals surface area contributed by atoms with E-state index < -0.39 is 0 Å². The molecule has 5 nitrogen and oxygen atoms in total. The molecule has 110 valence electrons. The molecule has 2 unspecified atom stereocenters. The number of pyridine rings is 1. The highest BCUT2D eigenvalue weighted by Crippen LogP contribution is 2.32. The fraction of sp³-hybridized carbons (Fsp3) is 0.600. The van der Waals surface area contributed by atoms with E-state index >= 15 is 0 Å². The molecule has 0 aliphatic heterocycles. The molecule has 0 aromatic carbocycles. The molecule has 1 aliphatic rings. The number of aromatic nitrogens is 1. The van der Waals surface area contributed by atoms with Gasteiger partial charge in [-0.15, -0.1) is 0 Å². The quantitative estimate of drug-likeness (QED) is 0.852. The van der Waals surface area contributed by atoms with Gasteiger partial charge in [0.05, 0.1) is 0 Å². The van der Waals surface area contributed by atoms with Gasteiger partial charge in [-0.3, -0.25) is 9.78 Å². The summed E-state index contributed by atoms with van der Waals surface area (Å²) < 4.78 is 0. The van der Waals surface area contributed by atoms with E-state index in [0.717, 1.165) is 18.8 Å². The lowest BCUT2D eigenvalue weighted by Gasteiger charge is -2.34. The summed E-state index contributed by atoms with van der Waals surface area (Å²) >= 11 is 0. The zero-order valence-electron chi connectivity index (χ0n) is 12.3. The van der Waals surface area contributed by atoms with Crippen LogP contribution in [0.4, 0.5) is 5.69 Å². The normalized spacial score (nSPS) is 21.8. The summed E-state index contributed by atoms with van der Waals surface area (Å²) in [6, 6.07) is 4.32. The molecule has 2 atom stereocenters. The lowest BCUT2D eigenvalue weighted by molar-refractivity contribution is 0.0958. The maximum absolute atomic E-state index is 11.7.